The molecule has 0 spiro atoms. The fourth-order valence-electron chi connectivity index (χ4n) is 7.48. The van der Waals surface area contributed by atoms with Crippen molar-refractivity contribution in [2.24, 2.45) is 0 Å². The van der Waals surface area contributed by atoms with Crippen molar-refractivity contribution in [1.82, 2.24) is 9.13 Å². The van der Waals surface area contributed by atoms with E-state index in [1.54, 1.807) is 0 Å². The standard InChI is InChI=1S/C44H84N4/c1-5-9-13-17-19-21-23-24-26-28-30-34-38-48-42-40-46(36-32-16-12-8-4)44(48)43-45(35-31-15-11-7-3)39-41-47(43)37-33-29-27-25-22-20-18-14-10-6-2/h39-42H,5-38H2,1-4H3/q+2. The summed E-state index contributed by atoms with van der Waals surface area (Å²) in [5.74, 6) is 2.92. The van der Waals surface area contributed by atoms with Crippen molar-refractivity contribution in [2.45, 2.75) is 246 Å². The second-order valence-electron chi connectivity index (χ2n) is 15.2. The van der Waals surface area contributed by atoms with Gasteiger partial charge in [0.15, 0.2) is 0 Å². The molecule has 0 saturated carbocycles. The Morgan fingerprint density at radius 2 is 0.583 bits per heavy atom. The van der Waals surface area contributed by atoms with Gasteiger partial charge < -0.3 is 0 Å². The van der Waals surface area contributed by atoms with E-state index in [2.05, 4.69) is 70.8 Å². The first kappa shape index (κ1) is 42.6. The van der Waals surface area contributed by atoms with Crippen molar-refractivity contribution >= 4 is 0 Å². The van der Waals surface area contributed by atoms with Crippen LogP contribution in [0.15, 0.2) is 24.8 Å². The van der Waals surface area contributed by atoms with Crippen molar-refractivity contribution in [1.29, 1.82) is 0 Å². The number of imidazole rings is 2. The van der Waals surface area contributed by atoms with Crippen molar-refractivity contribution in [3.8, 4) is 11.6 Å². The van der Waals surface area contributed by atoms with Gasteiger partial charge in [0.05, 0.1) is 26.2 Å². The summed E-state index contributed by atoms with van der Waals surface area (Å²) in [5.41, 5.74) is 0. The van der Waals surface area contributed by atoms with Gasteiger partial charge in [0.25, 0.3) is 0 Å². The van der Waals surface area contributed by atoms with Crippen molar-refractivity contribution in [3.05, 3.63) is 24.8 Å². The molecule has 2 rings (SSSR count). The maximum atomic E-state index is 2.63. The average molecular weight is 669 g/mol. The van der Waals surface area contributed by atoms with E-state index in [-0.39, 0.29) is 0 Å². The zero-order valence-electron chi connectivity index (χ0n) is 33.1. The van der Waals surface area contributed by atoms with Crippen molar-refractivity contribution < 1.29 is 9.13 Å². The predicted octanol–water partition coefficient (Wildman–Crippen LogP) is 13.3. The third-order valence-corrected chi connectivity index (χ3v) is 10.7. The van der Waals surface area contributed by atoms with E-state index in [1.807, 2.05) is 0 Å². The van der Waals surface area contributed by atoms with Crippen LogP contribution in [-0.4, -0.2) is 9.13 Å². The van der Waals surface area contributed by atoms with E-state index in [1.165, 1.54) is 204 Å². The molecule has 0 fully saturated rings. The highest BCUT2D eigenvalue weighted by Gasteiger charge is 2.32. The molecule has 0 aliphatic carbocycles. The van der Waals surface area contributed by atoms with Crippen LogP contribution in [0.1, 0.15) is 220 Å². The van der Waals surface area contributed by atoms with Gasteiger partial charge in [-0.3, -0.25) is 0 Å². The molecule has 0 unspecified atom stereocenters. The minimum Gasteiger partial charge on any atom is -0.223 e. The number of rotatable bonds is 35. The second kappa shape index (κ2) is 30.3. The van der Waals surface area contributed by atoms with E-state index in [0.717, 1.165) is 26.2 Å². The molecule has 2 heterocycles. The van der Waals surface area contributed by atoms with Crippen LogP contribution in [0.4, 0.5) is 0 Å². The molecule has 0 aliphatic rings. The number of nitrogens with zero attached hydrogens (tertiary/aromatic N) is 4. The zero-order chi connectivity index (χ0) is 34.3. The molecular formula is C44H84N4+2. The Balaban J connectivity index is 2.01. The summed E-state index contributed by atoms with van der Waals surface area (Å²) in [5, 5.41) is 0. The van der Waals surface area contributed by atoms with Crippen molar-refractivity contribution in [3.63, 3.8) is 0 Å². The van der Waals surface area contributed by atoms with E-state index in [0.29, 0.717) is 0 Å². The van der Waals surface area contributed by atoms with Crippen LogP contribution >= 0.6 is 0 Å². The van der Waals surface area contributed by atoms with E-state index in [9.17, 15) is 0 Å². The topological polar surface area (TPSA) is 17.6 Å². The lowest BCUT2D eigenvalue weighted by Gasteiger charge is -2.08. The van der Waals surface area contributed by atoms with Crippen molar-refractivity contribution in [2.75, 3.05) is 0 Å². The number of hydrogen-bond donors (Lipinski definition) is 0. The Morgan fingerprint density at radius 1 is 0.333 bits per heavy atom. The van der Waals surface area contributed by atoms with Gasteiger partial charge >= 0.3 is 11.6 Å². The Morgan fingerprint density at radius 3 is 0.875 bits per heavy atom. The first-order valence-corrected chi connectivity index (χ1v) is 21.9. The molecule has 2 aromatic heterocycles. The zero-order valence-corrected chi connectivity index (χ0v) is 33.1. The maximum Gasteiger partial charge on any atom is 0.373 e. The van der Waals surface area contributed by atoms with Crippen LogP contribution in [0, 0.1) is 0 Å². The Kier molecular flexibility index (Phi) is 26.8. The van der Waals surface area contributed by atoms with Gasteiger partial charge in [-0.1, -0.05) is 169 Å². The van der Waals surface area contributed by atoms with E-state index < -0.39 is 0 Å². The fourth-order valence-corrected chi connectivity index (χ4v) is 7.48. The van der Waals surface area contributed by atoms with Gasteiger partial charge in [0.2, 0.25) is 0 Å². The lowest BCUT2D eigenvalue weighted by atomic mass is 10.1. The van der Waals surface area contributed by atoms with Crippen LogP contribution in [0.2, 0.25) is 0 Å². The molecule has 48 heavy (non-hydrogen) atoms. The van der Waals surface area contributed by atoms with E-state index in [4.69, 9.17) is 0 Å². The molecule has 278 valence electrons. The summed E-state index contributed by atoms with van der Waals surface area (Å²) in [6.45, 7) is 13.8. The quantitative estimate of drug-likeness (QED) is 0.0514. The second-order valence-corrected chi connectivity index (χ2v) is 15.2. The lowest BCUT2D eigenvalue weighted by molar-refractivity contribution is -0.715. The molecule has 0 bridgehead atoms. The summed E-state index contributed by atoms with van der Waals surface area (Å²) in [7, 11) is 0. The first-order chi connectivity index (χ1) is 23.8. The van der Waals surface area contributed by atoms with Crippen LogP contribution in [0.25, 0.3) is 11.6 Å². The molecule has 2 aromatic rings. The van der Waals surface area contributed by atoms with Crippen LogP contribution in [0.5, 0.6) is 0 Å². The molecular weight excluding hydrogens is 585 g/mol. The summed E-state index contributed by atoms with van der Waals surface area (Å²) in [6, 6.07) is 0. The SMILES string of the molecule is CCCCCCCCCCCCCC[n+]1ccn(CCCCCC)c1-c1n(CCCCCC)cc[n+]1CCCCCCCCCCCC. The molecule has 0 radical (unpaired) electrons. The minimum atomic E-state index is 1.14. The normalized spacial score (nSPS) is 11.7. The largest absolute Gasteiger partial charge is 0.373 e. The molecule has 0 N–H and O–H groups in total. The fraction of sp³-hybridized carbons (Fsp3) is 0.864. The maximum absolute atomic E-state index is 2.63. The Labute approximate surface area is 300 Å². The van der Waals surface area contributed by atoms with Gasteiger partial charge in [-0.05, 0) is 51.4 Å². The van der Waals surface area contributed by atoms with Crippen LogP contribution in [0.3, 0.4) is 0 Å². The molecule has 0 aromatic carbocycles. The summed E-state index contributed by atoms with van der Waals surface area (Å²) in [6.07, 6.45) is 51.1. The summed E-state index contributed by atoms with van der Waals surface area (Å²) in [4.78, 5) is 0. The van der Waals surface area contributed by atoms with Crippen LogP contribution in [-0.2, 0) is 26.2 Å². The van der Waals surface area contributed by atoms with Gasteiger partial charge in [-0.15, -0.1) is 0 Å². The molecule has 0 atom stereocenters. The van der Waals surface area contributed by atoms with E-state index >= 15 is 0 Å². The van der Waals surface area contributed by atoms with Gasteiger partial charge in [-0.25, -0.2) is 18.3 Å². The molecule has 4 nitrogen and oxygen atoms in total. The summed E-state index contributed by atoms with van der Waals surface area (Å²) >= 11 is 0. The number of aryl methyl sites for hydroxylation is 4. The lowest BCUT2D eigenvalue weighted by Crippen LogP contribution is -2.43. The smallest absolute Gasteiger partial charge is 0.223 e. The monoisotopic (exact) mass is 669 g/mol. The third kappa shape index (κ3) is 19.0. The van der Waals surface area contributed by atoms with Gasteiger partial charge in [-0.2, -0.15) is 0 Å². The Bertz CT molecular complexity index is 973. The molecule has 0 saturated heterocycles. The highest BCUT2D eigenvalue weighted by atomic mass is 15.2. The molecule has 4 heteroatoms. The number of unbranched alkanes of at least 4 members (excludes halogenated alkanes) is 26. The molecule has 0 aliphatic heterocycles. The summed E-state index contributed by atoms with van der Waals surface area (Å²) < 4.78 is 10.5. The minimum absolute atomic E-state index is 1.14. The number of hydrogen-bond acceptors (Lipinski definition) is 0. The Hall–Kier alpha value is -1.58. The first-order valence-electron chi connectivity index (χ1n) is 21.9. The average Bonchev–Trinajstić information content (AvgIpc) is 3.68. The predicted molar refractivity (Wildman–Crippen MR) is 209 cm³/mol. The highest BCUT2D eigenvalue weighted by Crippen LogP contribution is 2.19. The van der Waals surface area contributed by atoms with Gasteiger partial charge in [0, 0.05) is 0 Å². The highest BCUT2D eigenvalue weighted by molar-refractivity contribution is 5.36. The third-order valence-electron chi connectivity index (χ3n) is 10.7. The van der Waals surface area contributed by atoms with Crippen LogP contribution < -0.4 is 9.13 Å². The van der Waals surface area contributed by atoms with Gasteiger partial charge in [0.1, 0.15) is 24.8 Å². The number of aromatic nitrogens is 4. The molecule has 0 amide bonds.